The van der Waals surface area contributed by atoms with E-state index >= 15 is 0 Å². The van der Waals surface area contributed by atoms with Gasteiger partial charge in [0.2, 0.25) is 0 Å². The summed E-state index contributed by atoms with van der Waals surface area (Å²) in [5, 5.41) is 8.10. The Kier molecular flexibility index (Phi) is 5.33. The predicted octanol–water partition coefficient (Wildman–Crippen LogP) is 2.36. The van der Waals surface area contributed by atoms with Crippen molar-refractivity contribution in [2.24, 2.45) is 0 Å². The van der Waals surface area contributed by atoms with Gasteiger partial charge in [-0.05, 0) is 25.0 Å². The standard InChI is InChI=1S/C21H26N6O2/c1-15(2)18-13-19(23-21-24-22-14-27(18)21)25-9-11-26(12-10-25)20(28)16(3)29-17-7-5-4-6-8-17/h4-8,13-16H,9-12H2,1-3H3. The lowest BCUT2D eigenvalue weighted by Gasteiger charge is -2.36. The molecule has 3 aromatic rings. The van der Waals surface area contributed by atoms with Crippen LogP contribution in [0.25, 0.3) is 5.78 Å². The highest BCUT2D eigenvalue weighted by molar-refractivity contribution is 5.81. The van der Waals surface area contributed by atoms with Crippen LogP contribution in [-0.4, -0.2) is 62.7 Å². The van der Waals surface area contributed by atoms with Crippen LogP contribution in [0.4, 0.5) is 5.82 Å². The number of amides is 1. The van der Waals surface area contributed by atoms with Crippen molar-refractivity contribution >= 4 is 17.5 Å². The molecule has 0 radical (unpaired) electrons. The first-order chi connectivity index (χ1) is 14.0. The number of nitrogens with zero attached hydrogens (tertiary/aromatic N) is 6. The second-order valence-corrected chi connectivity index (χ2v) is 7.58. The van der Waals surface area contributed by atoms with Crippen LogP contribution in [-0.2, 0) is 4.79 Å². The third-order valence-electron chi connectivity index (χ3n) is 5.21. The summed E-state index contributed by atoms with van der Waals surface area (Å²) in [4.78, 5) is 21.5. The minimum atomic E-state index is -0.512. The maximum Gasteiger partial charge on any atom is 0.263 e. The summed E-state index contributed by atoms with van der Waals surface area (Å²) < 4.78 is 7.71. The molecule has 8 nitrogen and oxygen atoms in total. The van der Waals surface area contributed by atoms with E-state index in [1.54, 1.807) is 13.3 Å². The second kappa shape index (κ2) is 8.06. The molecule has 1 atom stereocenters. The second-order valence-electron chi connectivity index (χ2n) is 7.58. The van der Waals surface area contributed by atoms with Crippen LogP contribution < -0.4 is 9.64 Å². The van der Waals surface area contributed by atoms with Crippen LogP contribution in [0, 0.1) is 0 Å². The third kappa shape index (κ3) is 4.01. The molecule has 0 N–H and O–H groups in total. The van der Waals surface area contributed by atoms with E-state index in [0.717, 1.165) is 24.6 Å². The fourth-order valence-electron chi connectivity index (χ4n) is 3.60. The quantitative estimate of drug-likeness (QED) is 0.661. The van der Waals surface area contributed by atoms with Gasteiger partial charge in [-0.1, -0.05) is 32.0 Å². The van der Waals surface area contributed by atoms with E-state index in [9.17, 15) is 4.79 Å². The number of carbonyl (C=O) groups excluding carboxylic acids is 1. The van der Waals surface area contributed by atoms with Crippen molar-refractivity contribution in [3.8, 4) is 5.75 Å². The molecule has 29 heavy (non-hydrogen) atoms. The first-order valence-electron chi connectivity index (χ1n) is 9.99. The monoisotopic (exact) mass is 394 g/mol. The van der Waals surface area contributed by atoms with Crippen molar-refractivity contribution in [2.75, 3.05) is 31.1 Å². The molecule has 1 aliphatic rings. The highest BCUT2D eigenvalue weighted by atomic mass is 16.5. The van der Waals surface area contributed by atoms with Crippen molar-refractivity contribution in [3.05, 3.63) is 48.4 Å². The van der Waals surface area contributed by atoms with Crippen LogP contribution in [0.3, 0.4) is 0 Å². The SMILES string of the molecule is CC(Oc1ccccc1)C(=O)N1CCN(c2cc(C(C)C)n3cnnc3n2)CC1. The van der Waals surface area contributed by atoms with Crippen LogP contribution in [0.15, 0.2) is 42.7 Å². The van der Waals surface area contributed by atoms with Gasteiger partial charge in [0.15, 0.2) is 6.10 Å². The minimum Gasteiger partial charge on any atom is -0.481 e. The van der Waals surface area contributed by atoms with Crippen molar-refractivity contribution < 1.29 is 9.53 Å². The molecule has 8 heteroatoms. The van der Waals surface area contributed by atoms with Crippen LogP contribution >= 0.6 is 0 Å². The maximum absolute atomic E-state index is 12.8. The fraction of sp³-hybridized carbons (Fsp3) is 0.429. The molecular formula is C21H26N6O2. The van der Waals surface area contributed by atoms with E-state index in [-0.39, 0.29) is 5.91 Å². The Hall–Kier alpha value is -3.16. The lowest BCUT2D eigenvalue weighted by molar-refractivity contribution is -0.138. The van der Waals surface area contributed by atoms with Gasteiger partial charge < -0.3 is 14.5 Å². The number of aromatic nitrogens is 4. The first-order valence-corrected chi connectivity index (χ1v) is 9.99. The van der Waals surface area contributed by atoms with Gasteiger partial charge in [-0.3, -0.25) is 9.20 Å². The average Bonchev–Trinajstić information content (AvgIpc) is 3.22. The zero-order chi connectivity index (χ0) is 20.4. The largest absolute Gasteiger partial charge is 0.481 e. The molecular weight excluding hydrogens is 368 g/mol. The third-order valence-corrected chi connectivity index (χ3v) is 5.21. The van der Waals surface area contributed by atoms with E-state index in [0.29, 0.717) is 30.5 Å². The molecule has 1 amide bonds. The Morgan fingerprint density at radius 2 is 1.79 bits per heavy atom. The van der Waals surface area contributed by atoms with Crippen molar-refractivity contribution in [3.63, 3.8) is 0 Å². The Labute approximate surface area is 170 Å². The molecule has 0 spiro atoms. The summed E-state index contributed by atoms with van der Waals surface area (Å²) in [5.74, 6) is 2.54. The molecule has 1 saturated heterocycles. The predicted molar refractivity (Wildman–Crippen MR) is 110 cm³/mol. The smallest absolute Gasteiger partial charge is 0.263 e. The summed E-state index contributed by atoms with van der Waals surface area (Å²) in [5.41, 5.74) is 1.12. The summed E-state index contributed by atoms with van der Waals surface area (Å²) in [6, 6.07) is 11.5. The fourth-order valence-corrected chi connectivity index (χ4v) is 3.60. The lowest BCUT2D eigenvalue weighted by Crippen LogP contribution is -2.52. The zero-order valence-corrected chi connectivity index (χ0v) is 17.0. The Morgan fingerprint density at radius 3 is 2.48 bits per heavy atom. The van der Waals surface area contributed by atoms with Crippen molar-refractivity contribution in [1.29, 1.82) is 0 Å². The Balaban J connectivity index is 1.41. The molecule has 3 heterocycles. The van der Waals surface area contributed by atoms with E-state index in [1.165, 1.54) is 0 Å². The van der Waals surface area contributed by atoms with E-state index in [4.69, 9.17) is 4.74 Å². The minimum absolute atomic E-state index is 0.0113. The number of hydrogen-bond acceptors (Lipinski definition) is 6. The van der Waals surface area contributed by atoms with Gasteiger partial charge in [0, 0.05) is 37.9 Å². The number of carbonyl (C=O) groups is 1. The van der Waals surface area contributed by atoms with Gasteiger partial charge in [-0.15, -0.1) is 10.2 Å². The molecule has 1 unspecified atom stereocenters. The normalized spacial score (nSPS) is 15.7. The van der Waals surface area contributed by atoms with E-state index in [1.807, 2.05) is 39.6 Å². The van der Waals surface area contributed by atoms with Crippen LogP contribution in [0.2, 0.25) is 0 Å². The van der Waals surface area contributed by atoms with Gasteiger partial charge in [-0.25, -0.2) is 0 Å². The molecule has 152 valence electrons. The highest BCUT2D eigenvalue weighted by Gasteiger charge is 2.27. The number of para-hydroxylation sites is 1. The number of hydrogen-bond donors (Lipinski definition) is 0. The molecule has 2 aromatic heterocycles. The summed E-state index contributed by atoms with van der Waals surface area (Å²) in [7, 11) is 0. The van der Waals surface area contributed by atoms with Crippen LogP contribution in [0.5, 0.6) is 5.75 Å². The average molecular weight is 394 g/mol. The maximum atomic E-state index is 12.8. The summed E-state index contributed by atoms with van der Waals surface area (Å²) >= 11 is 0. The molecule has 1 fully saturated rings. The number of ether oxygens (including phenoxy) is 1. The number of fused-ring (bicyclic) bond motifs is 1. The molecule has 1 aromatic carbocycles. The van der Waals surface area contributed by atoms with Gasteiger partial charge >= 0.3 is 0 Å². The lowest BCUT2D eigenvalue weighted by atomic mass is 10.1. The molecule has 0 aliphatic carbocycles. The van der Waals surface area contributed by atoms with Crippen LogP contribution in [0.1, 0.15) is 32.4 Å². The Morgan fingerprint density at radius 1 is 1.07 bits per heavy atom. The summed E-state index contributed by atoms with van der Waals surface area (Å²) in [6.45, 7) is 8.80. The summed E-state index contributed by atoms with van der Waals surface area (Å²) in [6.07, 6.45) is 1.19. The van der Waals surface area contributed by atoms with E-state index < -0.39 is 6.10 Å². The van der Waals surface area contributed by atoms with Crippen molar-refractivity contribution in [2.45, 2.75) is 32.8 Å². The van der Waals surface area contributed by atoms with Gasteiger partial charge in [0.25, 0.3) is 11.7 Å². The number of piperazine rings is 1. The number of benzene rings is 1. The molecule has 4 rings (SSSR count). The van der Waals surface area contributed by atoms with Gasteiger partial charge in [0.1, 0.15) is 17.9 Å². The Bertz CT molecular complexity index is 979. The van der Waals surface area contributed by atoms with E-state index in [2.05, 4.69) is 40.0 Å². The molecule has 0 saturated carbocycles. The topological polar surface area (TPSA) is 75.9 Å². The van der Waals surface area contributed by atoms with Gasteiger partial charge in [0.05, 0.1) is 0 Å². The van der Waals surface area contributed by atoms with Crippen molar-refractivity contribution in [1.82, 2.24) is 24.5 Å². The molecule has 0 bridgehead atoms. The van der Waals surface area contributed by atoms with Gasteiger partial charge in [-0.2, -0.15) is 4.98 Å². The number of anilines is 1. The number of rotatable bonds is 5. The zero-order valence-electron chi connectivity index (χ0n) is 17.0. The highest BCUT2D eigenvalue weighted by Crippen LogP contribution is 2.22. The molecule has 1 aliphatic heterocycles. The first kappa shape index (κ1) is 19.2.